The number of rotatable bonds is 4. The Kier molecular flexibility index (Phi) is 4.50. The second-order valence-electron chi connectivity index (χ2n) is 6.60. The molecule has 5 nitrogen and oxygen atoms in total. The first-order valence-corrected chi connectivity index (χ1v) is 7.26. The van der Waals surface area contributed by atoms with Gasteiger partial charge in [-0.05, 0) is 17.0 Å². The van der Waals surface area contributed by atoms with E-state index in [1.807, 2.05) is 45.0 Å². The van der Waals surface area contributed by atoms with Crippen molar-refractivity contribution in [1.82, 2.24) is 10.2 Å². The van der Waals surface area contributed by atoms with E-state index >= 15 is 0 Å². The molecule has 1 fully saturated rings. The van der Waals surface area contributed by atoms with Crippen LogP contribution in [0.2, 0.25) is 0 Å². The fourth-order valence-corrected chi connectivity index (χ4v) is 2.32. The molecule has 1 heterocycles. The maximum atomic E-state index is 12.1. The molecular weight excluding hydrogens is 266 g/mol. The fraction of sp³-hybridized carbons (Fsp3) is 0.500. The minimum absolute atomic E-state index is 0.000762. The average Bonchev–Trinajstić information content (AvgIpc) is 2.75. The van der Waals surface area contributed by atoms with Gasteiger partial charge in [-0.25, -0.2) is 4.79 Å². The molecule has 5 heteroatoms. The SMILES string of the molecule is CC(C)(C)CC(=O)Nc1ccccc1CN1CCNC1=O. The highest BCUT2D eigenvalue weighted by Gasteiger charge is 2.21. The number of carbonyl (C=O) groups is 2. The molecule has 3 amide bonds. The van der Waals surface area contributed by atoms with Crippen LogP contribution in [0.15, 0.2) is 24.3 Å². The summed E-state index contributed by atoms with van der Waals surface area (Å²) in [6, 6.07) is 7.58. The van der Waals surface area contributed by atoms with E-state index in [-0.39, 0.29) is 17.4 Å². The second kappa shape index (κ2) is 6.16. The Hall–Kier alpha value is -2.04. The largest absolute Gasteiger partial charge is 0.336 e. The number of hydrogen-bond acceptors (Lipinski definition) is 2. The van der Waals surface area contributed by atoms with Gasteiger partial charge in [0.2, 0.25) is 5.91 Å². The highest BCUT2D eigenvalue weighted by Crippen LogP contribution is 2.22. The molecule has 1 aromatic carbocycles. The van der Waals surface area contributed by atoms with Crippen molar-refractivity contribution in [3.05, 3.63) is 29.8 Å². The van der Waals surface area contributed by atoms with Crippen LogP contribution in [0, 0.1) is 5.41 Å². The number of benzene rings is 1. The molecule has 0 atom stereocenters. The summed E-state index contributed by atoms with van der Waals surface area (Å²) in [7, 11) is 0. The minimum Gasteiger partial charge on any atom is -0.336 e. The highest BCUT2D eigenvalue weighted by atomic mass is 16.2. The van der Waals surface area contributed by atoms with Crippen LogP contribution >= 0.6 is 0 Å². The number of amides is 3. The molecule has 1 aliphatic rings. The van der Waals surface area contributed by atoms with Gasteiger partial charge in [0.25, 0.3) is 0 Å². The number of nitrogens with zero attached hydrogens (tertiary/aromatic N) is 1. The zero-order valence-electron chi connectivity index (χ0n) is 12.9. The third-order valence-corrected chi connectivity index (χ3v) is 3.29. The number of nitrogens with one attached hydrogen (secondary N) is 2. The van der Waals surface area contributed by atoms with Crippen molar-refractivity contribution in [1.29, 1.82) is 0 Å². The molecular formula is C16H23N3O2. The van der Waals surface area contributed by atoms with Crippen molar-refractivity contribution in [2.75, 3.05) is 18.4 Å². The summed E-state index contributed by atoms with van der Waals surface area (Å²) in [5.41, 5.74) is 1.69. The van der Waals surface area contributed by atoms with Crippen molar-refractivity contribution in [3.63, 3.8) is 0 Å². The molecule has 1 saturated heterocycles. The van der Waals surface area contributed by atoms with Crippen molar-refractivity contribution in [2.24, 2.45) is 5.41 Å². The Bertz CT molecular complexity index is 535. The molecule has 0 bridgehead atoms. The molecule has 21 heavy (non-hydrogen) atoms. The van der Waals surface area contributed by atoms with Crippen LogP contribution in [0.3, 0.4) is 0 Å². The Balaban J connectivity index is 2.06. The lowest BCUT2D eigenvalue weighted by Gasteiger charge is -2.20. The smallest absolute Gasteiger partial charge is 0.317 e. The number of para-hydroxylation sites is 1. The lowest BCUT2D eigenvalue weighted by atomic mass is 9.92. The van der Waals surface area contributed by atoms with E-state index in [2.05, 4.69) is 10.6 Å². The molecule has 114 valence electrons. The van der Waals surface area contributed by atoms with E-state index in [1.54, 1.807) is 4.90 Å². The Morgan fingerprint density at radius 2 is 2.05 bits per heavy atom. The second-order valence-corrected chi connectivity index (χ2v) is 6.60. The molecule has 1 aromatic rings. The summed E-state index contributed by atoms with van der Waals surface area (Å²) >= 11 is 0. The summed E-state index contributed by atoms with van der Waals surface area (Å²) in [6.07, 6.45) is 0.464. The maximum absolute atomic E-state index is 12.1. The molecule has 0 spiro atoms. The average molecular weight is 289 g/mol. The van der Waals surface area contributed by atoms with Crippen molar-refractivity contribution >= 4 is 17.6 Å². The van der Waals surface area contributed by atoms with Gasteiger partial charge >= 0.3 is 6.03 Å². The summed E-state index contributed by atoms with van der Waals surface area (Å²) in [6.45, 7) is 7.99. The zero-order valence-corrected chi connectivity index (χ0v) is 12.9. The van der Waals surface area contributed by atoms with Crippen LogP contribution in [-0.2, 0) is 11.3 Å². The van der Waals surface area contributed by atoms with Crippen LogP contribution in [-0.4, -0.2) is 29.9 Å². The number of hydrogen-bond donors (Lipinski definition) is 2. The topological polar surface area (TPSA) is 61.4 Å². The van der Waals surface area contributed by atoms with Gasteiger partial charge in [-0.3, -0.25) is 4.79 Å². The zero-order chi connectivity index (χ0) is 15.5. The lowest BCUT2D eigenvalue weighted by Crippen LogP contribution is -2.28. The first-order valence-electron chi connectivity index (χ1n) is 7.26. The molecule has 0 aliphatic carbocycles. The van der Waals surface area contributed by atoms with E-state index in [9.17, 15) is 9.59 Å². The Morgan fingerprint density at radius 1 is 1.33 bits per heavy atom. The first kappa shape index (κ1) is 15.4. The normalized spacial score (nSPS) is 15.0. The summed E-state index contributed by atoms with van der Waals surface area (Å²) in [5, 5.41) is 5.74. The standard InChI is InChI=1S/C16H23N3O2/c1-16(2,3)10-14(20)18-13-7-5-4-6-12(13)11-19-9-8-17-15(19)21/h4-7H,8-11H2,1-3H3,(H,17,21)(H,18,20). The summed E-state index contributed by atoms with van der Waals surface area (Å²) < 4.78 is 0. The molecule has 2 N–H and O–H groups in total. The molecule has 1 aliphatic heterocycles. The van der Waals surface area contributed by atoms with Gasteiger partial charge in [0.05, 0.1) is 0 Å². The summed E-state index contributed by atoms with van der Waals surface area (Å²) in [5.74, 6) is 0.000762. The number of anilines is 1. The van der Waals surface area contributed by atoms with Gasteiger partial charge in [0.1, 0.15) is 0 Å². The third kappa shape index (κ3) is 4.48. The van der Waals surface area contributed by atoms with Crippen LogP contribution < -0.4 is 10.6 Å². The van der Waals surface area contributed by atoms with E-state index in [4.69, 9.17) is 0 Å². The van der Waals surface area contributed by atoms with Crippen LogP contribution in [0.5, 0.6) is 0 Å². The van der Waals surface area contributed by atoms with E-state index in [0.29, 0.717) is 26.1 Å². The van der Waals surface area contributed by atoms with Gasteiger partial charge in [-0.15, -0.1) is 0 Å². The summed E-state index contributed by atoms with van der Waals surface area (Å²) in [4.78, 5) is 25.4. The monoisotopic (exact) mass is 289 g/mol. The molecule has 0 aromatic heterocycles. The van der Waals surface area contributed by atoms with Crippen LogP contribution in [0.25, 0.3) is 0 Å². The lowest BCUT2D eigenvalue weighted by molar-refractivity contribution is -0.117. The molecule has 0 saturated carbocycles. The van der Waals surface area contributed by atoms with Crippen molar-refractivity contribution < 1.29 is 9.59 Å². The van der Waals surface area contributed by atoms with Gasteiger partial charge in [-0.1, -0.05) is 39.0 Å². The molecule has 0 radical (unpaired) electrons. The highest BCUT2D eigenvalue weighted by molar-refractivity contribution is 5.92. The number of carbonyl (C=O) groups excluding carboxylic acids is 2. The van der Waals surface area contributed by atoms with Gasteiger partial charge in [0, 0.05) is 31.7 Å². The fourth-order valence-electron chi connectivity index (χ4n) is 2.32. The van der Waals surface area contributed by atoms with Crippen molar-refractivity contribution in [2.45, 2.75) is 33.7 Å². The quantitative estimate of drug-likeness (QED) is 0.895. The van der Waals surface area contributed by atoms with E-state index in [0.717, 1.165) is 11.3 Å². The van der Waals surface area contributed by atoms with Crippen LogP contribution in [0.1, 0.15) is 32.8 Å². The van der Waals surface area contributed by atoms with Crippen molar-refractivity contribution in [3.8, 4) is 0 Å². The molecule has 2 rings (SSSR count). The maximum Gasteiger partial charge on any atom is 0.317 e. The Labute approximate surface area is 125 Å². The first-order chi connectivity index (χ1) is 9.85. The Morgan fingerprint density at radius 3 is 2.67 bits per heavy atom. The number of urea groups is 1. The van der Waals surface area contributed by atoms with Gasteiger partial charge in [0.15, 0.2) is 0 Å². The van der Waals surface area contributed by atoms with E-state index < -0.39 is 0 Å². The third-order valence-electron chi connectivity index (χ3n) is 3.29. The van der Waals surface area contributed by atoms with Gasteiger partial charge < -0.3 is 15.5 Å². The van der Waals surface area contributed by atoms with E-state index in [1.165, 1.54) is 0 Å². The predicted molar refractivity (Wildman–Crippen MR) is 83.0 cm³/mol. The van der Waals surface area contributed by atoms with Crippen LogP contribution in [0.4, 0.5) is 10.5 Å². The molecule has 0 unspecified atom stereocenters. The minimum atomic E-state index is -0.0502. The van der Waals surface area contributed by atoms with Gasteiger partial charge in [-0.2, -0.15) is 0 Å². The predicted octanol–water partition coefficient (Wildman–Crippen LogP) is 2.59.